The van der Waals surface area contributed by atoms with E-state index in [4.69, 9.17) is 35.4 Å². The average Bonchev–Trinajstić information content (AvgIpc) is 3.50. The van der Waals surface area contributed by atoms with E-state index in [1.807, 2.05) is 54.6 Å². The molecule has 0 saturated carbocycles. The maximum atomic E-state index is 11.0. The number of nitrogens with zero attached hydrogens (tertiary/aromatic N) is 4. The number of non-ortho nitro benzene ring substituents is 1. The molecule has 216 valence electrons. The van der Waals surface area contributed by atoms with Crippen LogP contribution in [0.5, 0.6) is 0 Å². The Hall–Kier alpha value is -3.89. The molecule has 1 saturated heterocycles. The van der Waals surface area contributed by atoms with Crippen LogP contribution in [0.15, 0.2) is 107 Å². The van der Waals surface area contributed by atoms with Crippen molar-refractivity contribution >= 4 is 63.7 Å². The molecule has 11 heteroatoms. The van der Waals surface area contributed by atoms with Gasteiger partial charge in [0, 0.05) is 45.2 Å². The molecule has 0 aliphatic carbocycles. The van der Waals surface area contributed by atoms with Crippen LogP contribution in [0.3, 0.4) is 0 Å². The van der Waals surface area contributed by atoms with Gasteiger partial charge in [-0.05, 0) is 98.4 Å². The van der Waals surface area contributed by atoms with Gasteiger partial charge in [0.05, 0.1) is 38.4 Å². The van der Waals surface area contributed by atoms with Crippen LogP contribution >= 0.6 is 47.2 Å². The number of nitro groups is 1. The second-order valence-electron chi connectivity index (χ2n) is 10.1. The predicted octanol–water partition coefficient (Wildman–Crippen LogP) is 9.03. The highest BCUT2D eigenvalue weighted by Crippen LogP contribution is 2.45. The SMILES string of the molecule is Cc1cc([C@@H]2[C@H](c3ccccn3)NC(=S)N2c2ccc(Sc3ccc([N+](=O)[O-])cc3)cc2)c(C)n1-c1cccc(Cl)c1Cl. The quantitative estimate of drug-likeness (QED) is 0.107. The van der Waals surface area contributed by atoms with Gasteiger partial charge in [-0.2, -0.15) is 0 Å². The van der Waals surface area contributed by atoms with Crippen LogP contribution in [0.25, 0.3) is 5.69 Å². The van der Waals surface area contributed by atoms with E-state index in [-0.39, 0.29) is 17.8 Å². The Morgan fingerprint density at radius 1 is 0.953 bits per heavy atom. The minimum Gasteiger partial charge on any atom is -0.351 e. The molecule has 1 fully saturated rings. The molecule has 3 aromatic carbocycles. The molecule has 0 unspecified atom stereocenters. The summed E-state index contributed by atoms with van der Waals surface area (Å²) in [7, 11) is 0. The second-order valence-corrected chi connectivity index (χ2v) is 12.4. The van der Waals surface area contributed by atoms with Gasteiger partial charge in [0.15, 0.2) is 5.11 Å². The highest BCUT2D eigenvalue weighted by molar-refractivity contribution is 7.99. The fourth-order valence-corrected chi connectivity index (χ4v) is 7.06. The third-order valence-corrected chi connectivity index (χ3v) is 9.60. The minimum atomic E-state index is -0.397. The highest BCUT2D eigenvalue weighted by atomic mass is 35.5. The van der Waals surface area contributed by atoms with Gasteiger partial charge >= 0.3 is 0 Å². The number of benzene rings is 3. The van der Waals surface area contributed by atoms with Crippen molar-refractivity contribution in [3.8, 4) is 5.69 Å². The molecule has 1 N–H and O–H groups in total. The van der Waals surface area contributed by atoms with Crippen LogP contribution in [-0.2, 0) is 0 Å². The van der Waals surface area contributed by atoms with Gasteiger partial charge in [0.2, 0.25) is 0 Å². The van der Waals surface area contributed by atoms with Crippen molar-refractivity contribution in [3.05, 3.63) is 140 Å². The van der Waals surface area contributed by atoms with E-state index in [1.54, 1.807) is 24.4 Å². The maximum Gasteiger partial charge on any atom is 0.269 e. The van der Waals surface area contributed by atoms with Crippen molar-refractivity contribution in [1.29, 1.82) is 0 Å². The fraction of sp³-hybridized carbons (Fsp3) is 0.125. The van der Waals surface area contributed by atoms with Gasteiger partial charge in [-0.3, -0.25) is 15.1 Å². The number of hydrogen-bond donors (Lipinski definition) is 1. The van der Waals surface area contributed by atoms with Crippen molar-refractivity contribution in [2.75, 3.05) is 4.90 Å². The topological polar surface area (TPSA) is 76.2 Å². The fourth-order valence-electron chi connectivity index (χ4n) is 5.52. The first-order valence-corrected chi connectivity index (χ1v) is 15.4. The molecule has 0 radical (unpaired) electrons. The molecule has 7 nitrogen and oxygen atoms in total. The molecule has 0 spiro atoms. The number of anilines is 1. The first-order chi connectivity index (χ1) is 20.7. The standard InChI is InChI=1S/C32H25Cl2N5O2S2/c1-19-18-25(20(2)37(19)28-8-5-6-26(33)29(28)34)31-30(27-7-3-4-17-35-27)36-32(42)38(31)21-9-13-23(14-10-21)43-24-15-11-22(12-16-24)39(40)41/h3-18,30-31H,1-2H3,(H,36,42)/t30-,31+/m0/s1. The first-order valence-electron chi connectivity index (χ1n) is 13.4. The molecule has 0 bridgehead atoms. The second kappa shape index (κ2) is 12.0. The van der Waals surface area contributed by atoms with Gasteiger partial charge in [-0.1, -0.05) is 47.1 Å². The lowest BCUT2D eigenvalue weighted by Crippen LogP contribution is -2.29. The summed E-state index contributed by atoms with van der Waals surface area (Å²) in [5, 5.41) is 16.1. The Morgan fingerprint density at radius 3 is 2.30 bits per heavy atom. The third kappa shape index (κ3) is 5.61. The number of aryl methyl sites for hydroxylation is 1. The van der Waals surface area contributed by atoms with E-state index in [9.17, 15) is 10.1 Å². The molecule has 5 aromatic rings. The van der Waals surface area contributed by atoms with Gasteiger partial charge in [-0.15, -0.1) is 0 Å². The summed E-state index contributed by atoms with van der Waals surface area (Å²) in [5.41, 5.74) is 5.82. The molecular weight excluding hydrogens is 621 g/mol. The number of rotatable bonds is 7. The normalized spacial score (nSPS) is 16.4. The van der Waals surface area contributed by atoms with Gasteiger partial charge < -0.3 is 14.8 Å². The van der Waals surface area contributed by atoms with Gasteiger partial charge in [-0.25, -0.2) is 0 Å². The van der Waals surface area contributed by atoms with Crippen molar-refractivity contribution < 1.29 is 4.92 Å². The van der Waals surface area contributed by atoms with Crippen molar-refractivity contribution in [1.82, 2.24) is 14.9 Å². The molecular formula is C32H25Cl2N5O2S2. The van der Waals surface area contributed by atoms with Crippen LogP contribution in [0, 0.1) is 24.0 Å². The Kier molecular flexibility index (Phi) is 8.15. The van der Waals surface area contributed by atoms with E-state index >= 15 is 0 Å². The lowest BCUT2D eigenvalue weighted by Gasteiger charge is -2.28. The zero-order valence-electron chi connectivity index (χ0n) is 23.1. The monoisotopic (exact) mass is 645 g/mol. The maximum absolute atomic E-state index is 11.0. The van der Waals surface area contributed by atoms with E-state index in [0.717, 1.165) is 43.8 Å². The minimum absolute atomic E-state index is 0.0697. The largest absolute Gasteiger partial charge is 0.351 e. The molecule has 2 atom stereocenters. The zero-order chi connectivity index (χ0) is 30.2. The predicted molar refractivity (Wildman–Crippen MR) is 177 cm³/mol. The van der Waals surface area contributed by atoms with Crippen molar-refractivity contribution in [2.45, 2.75) is 35.7 Å². The van der Waals surface area contributed by atoms with Crippen LogP contribution in [0.1, 0.15) is 34.7 Å². The van der Waals surface area contributed by atoms with Crippen LogP contribution in [0.2, 0.25) is 10.0 Å². The van der Waals surface area contributed by atoms with Crippen molar-refractivity contribution in [2.24, 2.45) is 0 Å². The lowest BCUT2D eigenvalue weighted by molar-refractivity contribution is -0.384. The molecule has 3 heterocycles. The number of thiocarbonyl (C=S) groups is 1. The summed E-state index contributed by atoms with van der Waals surface area (Å²) in [6.45, 7) is 4.14. The van der Waals surface area contributed by atoms with E-state index < -0.39 is 4.92 Å². The molecule has 6 rings (SSSR count). The summed E-state index contributed by atoms with van der Waals surface area (Å²) in [6, 6.07) is 28.0. The first kappa shape index (κ1) is 29.2. The zero-order valence-corrected chi connectivity index (χ0v) is 26.2. The molecule has 0 amide bonds. The number of halogens is 2. The molecule has 1 aliphatic heterocycles. The van der Waals surface area contributed by atoms with E-state index in [0.29, 0.717) is 15.2 Å². The highest BCUT2D eigenvalue weighted by Gasteiger charge is 2.42. The number of nitro benzene ring substituents is 1. The summed E-state index contributed by atoms with van der Waals surface area (Å²) in [5.74, 6) is 0. The average molecular weight is 647 g/mol. The number of nitrogens with one attached hydrogen (secondary N) is 1. The summed E-state index contributed by atoms with van der Waals surface area (Å²) >= 11 is 20.5. The van der Waals surface area contributed by atoms with Crippen LogP contribution in [-0.4, -0.2) is 19.6 Å². The Morgan fingerprint density at radius 2 is 1.65 bits per heavy atom. The Labute approximate surface area is 268 Å². The summed E-state index contributed by atoms with van der Waals surface area (Å²) in [6.07, 6.45) is 1.79. The number of hydrogen-bond acceptors (Lipinski definition) is 5. The third-order valence-electron chi connectivity index (χ3n) is 7.46. The number of aromatic nitrogens is 2. The Balaban J connectivity index is 1.39. The van der Waals surface area contributed by atoms with E-state index in [2.05, 4.69) is 39.7 Å². The molecule has 43 heavy (non-hydrogen) atoms. The summed E-state index contributed by atoms with van der Waals surface area (Å²) in [4.78, 5) is 19.3. The van der Waals surface area contributed by atoms with Gasteiger partial charge in [0.1, 0.15) is 0 Å². The Bertz CT molecular complexity index is 1830. The smallest absolute Gasteiger partial charge is 0.269 e. The van der Waals surface area contributed by atoms with Gasteiger partial charge in [0.25, 0.3) is 5.69 Å². The van der Waals surface area contributed by atoms with Crippen LogP contribution < -0.4 is 10.2 Å². The van der Waals surface area contributed by atoms with E-state index in [1.165, 1.54) is 23.9 Å². The summed E-state index contributed by atoms with van der Waals surface area (Å²) < 4.78 is 2.13. The van der Waals surface area contributed by atoms with Crippen molar-refractivity contribution in [3.63, 3.8) is 0 Å². The molecule has 1 aliphatic rings. The number of pyridine rings is 1. The molecule has 2 aromatic heterocycles. The van der Waals surface area contributed by atoms with Crippen LogP contribution in [0.4, 0.5) is 11.4 Å². The lowest BCUT2D eigenvalue weighted by atomic mass is 9.96.